The van der Waals surface area contributed by atoms with Crippen LogP contribution in [0.3, 0.4) is 0 Å². The molecule has 1 aliphatic carbocycles. The minimum atomic E-state index is -1.04. The van der Waals surface area contributed by atoms with Crippen LogP contribution in [0.25, 0.3) is 11.3 Å². The van der Waals surface area contributed by atoms with Crippen molar-refractivity contribution in [3.63, 3.8) is 0 Å². The van der Waals surface area contributed by atoms with E-state index in [0.29, 0.717) is 22.8 Å². The first-order valence-electron chi connectivity index (χ1n) is 8.27. The van der Waals surface area contributed by atoms with E-state index in [-0.39, 0.29) is 18.2 Å². The molecule has 0 spiro atoms. The van der Waals surface area contributed by atoms with Crippen molar-refractivity contribution in [3.05, 3.63) is 77.1 Å². The SMILES string of the molecule is O=C(O)COC1C=C(NC(=O)c2cccc(-c3cccc(Cl)c3)n2)C=CC1. The number of allylic oxidation sites excluding steroid dienone is 1. The zero-order valence-corrected chi connectivity index (χ0v) is 15.0. The summed E-state index contributed by atoms with van der Waals surface area (Å²) in [6, 6.07) is 12.4. The lowest BCUT2D eigenvalue weighted by Crippen LogP contribution is -2.26. The highest BCUT2D eigenvalue weighted by Gasteiger charge is 2.15. The van der Waals surface area contributed by atoms with Gasteiger partial charge in [0.1, 0.15) is 12.3 Å². The largest absolute Gasteiger partial charge is 0.480 e. The molecule has 1 aromatic heterocycles. The van der Waals surface area contributed by atoms with Gasteiger partial charge < -0.3 is 15.2 Å². The van der Waals surface area contributed by atoms with E-state index in [0.717, 1.165) is 5.56 Å². The number of amides is 1. The maximum absolute atomic E-state index is 12.5. The Bertz CT molecular complexity index is 924. The summed E-state index contributed by atoms with van der Waals surface area (Å²) >= 11 is 6.01. The summed E-state index contributed by atoms with van der Waals surface area (Å²) in [6.45, 7) is -0.389. The number of aromatic nitrogens is 1. The molecular formula is C20H17ClN2O4. The van der Waals surface area contributed by atoms with Gasteiger partial charge in [-0.3, -0.25) is 4.79 Å². The van der Waals surface area contributed by atoms with Crippen LogP contribution in [-0.4, -0.2) is 34.7 Å². The van der Waals surface area contributed by atoms with Crippen LogP contribution in [0.15, 0.2) is 66.4 Å². The molecule has 2 N–H and O–H groups in total. The molecule has 1 aliphatic rings. The van der Waals surface area contributed by atoms with Gasteiger partial charge in [-0.1, -0.05) is 35.9 Å². The minimum absolute atomic E-state index is 0.260. The third-order valence-electron chi connectivity index (χ3n) is 3.81. The standard InChI is InChI=1S/C20H17ClN2O4/c21-14-5-1-4-13(10-14)17-8-3-9-18(23-17)20(26)22-15-6-2-7-16(11-15)27-12-19(24)25/h1-6,8-11,16H,7,12H2,(H,22,26)(H,24,25). The molecule has 0 radical (unpaired) electrons. The van der Waals surface area contributed by atoms with Gasteiger partial charge in [0.15, 0.2) is 0 Å². The fourth-order valence-corrected chi connectivity index (χ4v) is 2.79. The monoisotopic (exact) mass is 384 g/mol. The van der Waals surface area contributed by atoms with Crippen LogP contribution in [0.5, 0.6) is 0 Å². The molecule has 1 aromatic carbocycles. The highest BCUT2D eigenvalue weighted by molar-refractivity contribution is 6.30. The first kappa shape index (κ1) is 18.8. The Hall–Kier alpha value is -2.96. The van der Waals surface area contributed by atoms with E-state index in [9.17, 15) is 9.59 Å². The van der Waals surface area contributed by atoms with Crippen molar-refractivity contribution in [3.8, 4) is 11.3 Å². The van der Waals surface area contributed by atoms with Crippen LogP contribution in [0.1, 0.15) is 16.9 Å². The van der Waals surface area contributed by atoms with E-state index in [1.807, 2.05) is 18.2 Å². The molecule has 1 amide bonds. The van der Waals surface area contributed by atoms with Crippen molar-refractivity contribution < 1.29 is 19.4 Å². The fraction of sp³-hybridized carbons (Fsp3) is 0.150. The second-order valence-electron chi connectivity index (χ2n) is 5.88. The van der Waals surface area contributed by atoms with Crippen molar-refractivity contribution in [1.29, 1.82) is 0 Å². The van der Waals surface area contributed by atoms with Crippen LogP contribution in [0.2, 0.25) is 5.02 Å². The van der Waals surface area contributed by atoms with Gasteiger partial charge in [-0.05, 0) is 42.8 Å². The normalized spacial score (nSPS) is 15.9. The van der Waals surface area contributed by atoms with Gasteiger partial charge in [0.05, 0.1) is 11.8 Å². The van der Waals surface area contributed by atoms with E-state index < -0.39 is 12.1 Å². The number of carboxylic acid groups (broad SMARTS) is 1. The van der Waals surface area contributed by atoms with Gasteiger partial charge in [-0.2, -0.15) is 0 Å². The van der Waals surface area contributed by atoms with E-state index in [2.05, 4.69) is 10.3 Å². The van der Waals surface area contributed by atoms with Gasteiger partial charge in [0, 0.05) is 16.3 Å². The first-order valence-corrected chi connectivity index (χ1v) is 8.65. The van der Waals surface area contributed by atoms with Gasteiger partial charge in [-0.15, -0.1) is 0 Å². The molecule has 27 heavy (non-hydrogen) atoms. The van der Waals surface area contributed by atoms with Crippen LogP contribution < -0.4 is 5.32 Å². The highest BCUT2D eigenvalue weighted by atomic mass is 35.5. The van der Waals surface area contributed by atoms with Crippen molar-refractivity contribution in [1.82, 2.24) is 10.3 Å². The maximum Gasteiger partial charge on any atom is 0.329 e. The van der Waals surface area contributed by atoms with Crippen molar-refractivity contribution in [2.24, 2.45) is 0 Å². The van der Waals surface area contributed by atoms with Gasteiger partial charge in [-0.25, -0.2) is 9.78 Å². The van der Waals surface area contributed by atoms with Crippen LogP contribution in [0.4, 0.5) is 0 Å². The molecule has 0 saturated carbocycles. The Morgan fingerprint density at radius 1 is 1.26 bits per heavy atom. The molecule has 2 aromatic rings. The number of nitrogens with zero attached hydrogens (tertiary/aromatic N) is 1. The number of halogens is 1. The molecule has 138 valence electrons. The van der Waals surface area contributed by atoms with Crippen molar-refractivity contribution in [2.75, 3.05) is 6.61 Å². The number of rotatable bonds is 6. The molecule has 1 unspecified atom stereocenters. The molecule has 0 saturated heterocycles. The second kappa shape index (κ2) is 8.62. The number of carbonyl (C=O) groups is 2. The predicted octanol–water partition coefficient (Wildman–Crippen LogP) is 3.45. The molecule has 0 fully saturated rings. The molecule has 3 rings (SSSR count). The fourth-order valence-electron chi connectivity index (χ4n) is 2.60. The summed E-state index contributed by atoms with van der Waals surface area (Å²) in [5.74, 6) is -1.40. The van der Waals surface area contributed by atoms with Crippen molar-refractivity contribution >= 4 is 23.5 Å². The predicted molar refractivity (Wildman–Crippen MR) is 101 cm³/mol. The molecule has 0 aliphatic heterocycles. The summed E-state index contributed by atoms with van der Waals surface area (Å²) in [7, 11) is 0. The summed E-state index contributed by atoms with van der Waals surface area (Å²) < 4.78 is 5.24. The Balaban J connectivity index is 1.72. The Kier molecular flexibility index (Phi) is 6.01. The maximum atomic E-state index is 12.5. The minimum Gasteiger partial charge on any atom is -0.480 e. The average Bonchev–Trinajstić information content (AvgIpc) is 2.67. The number of ether oxygens (including phenoxy) is 1. The highest BCUT2D eigenvalue weighted by Crippen LogP contribution is 2.21. The molecule has 1 heterocycles. The summed E-state index contributed by atoms with van der Waals surface area (Å²) in [6.07, 6.45) is 5.40. The molecule has 0 bridgehead atoms. The Morgan fingerprint density at radius 3 is 2.85 bits per heavy atom. The molecular weight excluding hydrogens is 368 g/mol. The number of aliphatic carboxylic acids is 1. The van der Waals surface area contributed by atoms with Gasteiger partial charge >= 0.3 is 5.97 Å². The van der Waals surface area contributed by atoms with E-state index in [1.165, 1.54) is 0 Å². The Labute approximate surface area is 161 Å². The van der Waals surface area contributed by atoms with Crippen LogP contribution in [-0.2, 0) is 9.53 Å². The smallest absolute Gasteiger partial charge is 0.329 e. The number of hydrogen-bond donors (Lipinski definition) is 2. The zero-order valence-electron chi connectivity index (χ0n) is 14.3. The van der Waals surface area contributed by atoms with Crippen LogP contribution in [0, 0.1) is 0 Å². The lowest BCUT2D eigenvalue weighted by Gasteiger charge is -2.17. The second-order valence-corrected chi connectivity index (χ2v) is 6.31. The number of benzene rings is 1. The van der Waals surface area contributed by atoms with Gasteiger partial charge in [0.25, 0.3) is 5.91 Å². The third-order valence-corrected chi connectivity index (χ3v) is 4.05. The van der Waals surface area contributed by atoms with Crippen LogP contribution >= 0.6 is 11.6 Å². The quantitative estimate of drug-likeness (QED) is 0.796. The Morgan fingerprint density at radius 2 is 2.07 bits per heavy atom. The number of hydrogen-bond acceptors (Lipinski definition) is 4. The summed E-state index contributed by atoms with van der Waals surface area (Å²) in [5, 5.41) is 12.0. The molecule has 7 heteroatoms. The summed E-state index contributed by atoms with van der Waals surface area (Å²) in [4.78, 5) is 27.5. The van der Waals surface area contributed by atoms with Gasteiger partial charge in [0.2, 0.25) is 0 Å². The third kappa shape index (κ3) is 5.26. The number of carbonyl (C=O) groups excluding carboxylic acids is 1. The van der Waals surface area contributed by atoms with Crippen molar-refractivity contribution in [2.45, 2.75) is 12.5 Å². The topological polar surface area (TPSA) is 88.5 Å². The lowest BCUT2D eigenvalue weighted by atomic mass is 10.1. The molecule has 1 atom stereocenters. The van der Waals surface area contributed by atoms with E-state index in [4.69, 9.17) is 21.4 Å². The average molecular weight is 385 g/mol. The zero-order chi connectivity index (χ0) is 19.2. The lowest BCUT2D eigenvalue weighted by molar-refractivity contribution is -0.143. The van der Waals surface area contributed by atoms with E-state index >= 15 is 0 Å². The number of carboxylic acids is 1. The summed E-state index contributed by atoms with van der Waals surface area (Å²) in [5.41, 5.74) is 2.25. The first-order chi connectivity index (χ1) is 13.0. The number of pyridine rings is 1. The van der Waals surface area contributed by atoms with E-state index in [1.54, 1.807) is 42.5 Å². The molecule has 6 nitrogen and oxygen atoms in total. The number of nitrogens with one attached hydrogen (secondary N) is 1.